The van der Waals surface area contributed by atoms with E-state index in [1.165, 1.54) is 24.3 Å². The molecule has 15 nitrogen and oxygen atoms in total. The Hall–Kier alpha value is -3.35. The van der Waals surface area contributed by atoms with Crippen molar-refractivity contribution in [3.8, 4) is 28.6 Å². The molecule has 2 aromatic carbocycles. The molecule has 15 heteroatoms. The summed E-state index contributed by atoms with van der Waals surface area (Å²) >= 11 is 0. The maximum Gasteiger partial charge on any atom is 0.197 e. The number of hydrogen-bond donors (Lipinski definition) is 10. The monoisotopic (exact) mass is 594 g/mol. The van der Waals surface area contributed by atoms with Crippen LogP contribution in [0.1, 0.15) is 11.7 Å². The Morgan fingerprint density at radius 3 is 2.05 bits per heavy atom. The number of phenolic OH excluding ortho intramolecular Hbond substituents is 3. The molecule has 2 saturated heterocycles. The number of aromatic hydroxyl groups is 3. The summed E-state index contributed by atoms with van der Waals surface area (Å²) in [6.07, 6.45) is -17.1. The highest BCUT2D eigenvalue weighted by Crippen LogP contribution is 2.44. The summed E-state index contributed by atoms with van der Waals surface area (Å²) in [6.45, 7) is -1.60. The number of benzene rings is 2. The Morgan fingerprint density at radius 1 is 0.738 bits per heavy atom. The Morgan fingerprint density at radius 2 is 1.40 bits per heavy atom. The van der Waals surface area contributed by atoms with E-state index in [1.54, 1.807) is 0 Å². The second-order valence-electron chi connectivity index (χ2n) is 10.1. The van der Waals surface area contributed by atoms with Gasteiger partial charge in [-0.15, -0.1) is 0 Å². The number of phenols is 3. The highest BCUT2D eigenvalue weighted by molar-refractivity contribution is 5.89. The zero-order valence-electron chi connectivity index (χ0n) is 21.7. The summed E-state index contributed by atoms with van der Waals surface area (Å²) in [5.74, 6) is -1.42. The van der Waals surface area contributed by atoms with Crippen LogP contribution in [0.5, 0.6) is 17.2 Å². The van der Waals surface area contributed by atoms with Crippen LogP contribution in [-0.2, 0) is 14.2 Å². The first-order valence-electron chi connectivity index (χ1n) is 12.9. The number of aliphatic hydroxyl groups excluding tert-OH is 7. The van der Waals surface area contributed by atoms with Crippen LogP contribution in [0.4, 0.5) is 0 Å². The van der Waals surface area contributed by atoms with E-state index < -0.39 is 97.0 Å². The van der Waals surface area contributed by atoms with Crippen molar-refractivity contribution in [1.29, 1.82) is 0 Å². The van der Waals surface area contributed by atoms with E-state index in [-0.39, 0.29) is 22.5 Å². The van der Waals surface area contributed by atoms with Crippen molar-refractivity contribution in [2.45, 2.75) is 61.2 Å². The van der Waals surface area contributed by atoms with Crippen molar-refractivity contribution < 1.29 is 69.7 Å². The van der Waals surface area contributed by atoms with Gasteiger partial charge in [0.25, 0.3) is 0 Å². The summed E-state index contributed by atoms with van der Waals surface area (Å²) in [5.41, 5.74) is -1.14. The normalized spacial score (nSPS) is 33.6. The summed E-state index contributed by atoms with van der Waals surface area (Å²) in [7, 11) is 0. The van der Waals surface area contributed by atoms with Crippen LogP contribution in [0.15, 0.2) is 45.6 Å². The lowest BCUT2D eigenvalue weighted by molar-refractivity contribution is -0.342. The topological polar surface area (TPSA) is 260 Å². The fourth-order valence-electron chi connectivity index (χ4n) is 5.19. The molecule has 0 radical (unpaired) electrons. The lowest BCUT2D eigenvalue weighted by Crippen LogP contribution is -2.63. The number of aliphatic hydroxyl groups is 7. The molecule has 0 aliphatic carbocycles. The number of fused-ring (bicyclic) bond motifs is 1. The molecule has 0 amide bonds. The molecule has 10 atom stereocenters. The Kier molecular flexibility index (Phi) is 8.41. The first-order valence-corrected chi connectivity index (χ1v) is 12.9. The van der Waals surface area contributed by atoms with E-state index in [1.807, 2.05) is 0 Å². The molecule has 3 heterocycles. The van der Waals surface area contributed by atoms with E-state index in [4.69, 9.17) is 18.6 Å². The summed E-state index contributed by atoms with van der Waals surface area (Å²) in [5, 5.41) is 103. The van der Waals surface area contributed by atoms with E-state index in [0.29, 0.717) is 5.56 Å². The highest BCUT2D eigenvalue weighted by Gasteiger charge is 2.51. The third-order valence-electron chi connectivity index (χ3n) is 7.44. The van der Waals surface area contributed by atoms with Gasteiger partial charge in [-0.2, -0.15) is 0 Å². The van der Waals surface area contributed by atoms with Gasteiger partial charge in [0.2, 0.25) is 0 Å². The van der Waals surface area contributed by atoms with Crippen LogP contribution in [0.25, 0.3) is 22.3 Å². The SMILES string of the molecule is O=c1cc(-c2ccc(O)cc2)oc2c(C3OC(CO)C(OC4OC(CO)C(O)C(O)C4O)C(O)C3O)c(O)cc(O)c12. The predicted molar refractivity (Wildman–Crippen MR) is 138 cm³/mol. The third-order valence-corrected chi connectivity index (χ3v) is 7.44. The van der Waals surface area contributed by atoms with Crippen LogP contribution in [0, 0.1) is 0 Å². The van der Waals surface area contributed by atoms with Gasteiger partial charge in [0.05, 0.1) is 18.8 Å². The molecular formula is C27H30O15. The van der Waals surface area contributed by atoms with Crippen molar-refractivity contribution in [2.24, 2.45) is 0 Å². The zero-order chi connectivity index (χ0) is 30.5. The molecule has 1 aromatic heterocycles. The van der Waals surface area contributed by atoms with Crippen LogP contribution in [-0.4, -0.2) is 119 Å². The van der Waals surface area contributed by atoms with E-state index >= 15 is 0 Å². The fraction of sp³-hybridized carbons (Fsp3) is 0.444. The molecule has 228 valence electrons. The molecule has 10 N–H and O–H groups in total. The van der Waals surface area contributed by atoms with Gasteiger partial charge < -0.3 is 69.7 Å². The lowest BCUT2D eigenvalue weighted by Gasteiger charge is -2.46. The second kappa shape index (κ2) is 11.7. The van der Waals surface area contributed by atoms with Crippen LogP contribution >= 0.6 is 0 Å². The summed E-state index contributed by atoms with van der Waals surface area (Å²) in [6, 6.07) is 7.46. The maximum absolute atomic E-state index is 13.0. The second-order valence-corrected chi connectivity index (χ2v) is 10.1. The number of rotatable bonds is 6. The Bertz CT molecular complexity index is 1470. The average molecular weight is 595 g/mol. The standard InChI is InChI=1S/C27H30O15/c28-7-15-19(34)20(35)23(38)27(41-15)42-24-16(8-29)40-26(22(37)21(24)36)18-12(32)5-11(31)17-13(33)6-14(39-25(17)18)9-1-3-10(30)4-2-9/h1-6,15-16,19-24,26-32,34-38H,7-8H2. The average Bonchev–Trinajstić information content (AvgIpc) is 2.96. The van der Waals surface area contributed by atoms with Gasteiger partial charge in [-0.25, -0.2) is 0 Å². The molecule has 42 heavy (non-hydrogen) atoms. The molecule has 3 aromatic rings. The van der Waals surface area contributed by atoms with Crippen molar-refractivity contribution in [1.82, 2.24) is 0 Å². The molecule has 0 saturated carbocycles. The van der Waals surface area contributed by atoms with E-state index in [9.17, 15) is 55.9 Å². The quantitative estimate of drug-likeness (QED) is 0.147. The van der Waals surface area contributed by atoms with Crippen molar-refractivity contribution in [2.75, 3.05) is 13.2 Å². The summed E-state index contributed by atoms with van der Waals surface area (Å²) in [4.78, 5) is 13.0. The van der Waals surface area contributed by atoms with Gasteiger partial charge in [-0.1, -0.05) is 0 Å². The maximum atomic E-state index is 13.0. The van der Waals surface area contributed by atoms with E-state index in [0.717, 1.165) is 12.1 Å². The van der Waals surface area contributed by atoms with Crippen molar-refractivity contribution in [3.63, 3.8) is 0 Å². The lowest BCUT2D eigenvalue weighted by atomic mass is 9.89. The Labute approximate surface area is 236 Å². The first-order chi connectivity index (χ1) is 20.0. The van der Waals surface area contributed by atoms with Gasteiger partial charge in [0.1, 0.15) is 83.3 Å². The van der Waals surface area contributed by atoms with Crippen molar-refractivity contribution in [3.05, 3.63) is 52.2 Å². The van der Waals surface area contributed by atoms with Gasteiger partial charge in [0.15, 0.2) is 17.3 Å². The summed E-state index contributed by atoms with van der Waals surface area (Å²) < 4.78 is 22.5. The van der Waals surface area contributed by atoms with Gasteiger partial charge in [0, 0.05) is 17.7 Å². The third kappa shape index (κ3) is 5.20. The largest absolute Gasteiger partial charge is 0.508 e. The minimum absolute atomic E-state index is 0.0351. The molecule has 0 bridgehead atoms. The smallest absolute Gasteiger partial charge is 0.197 e. The van der Waals surface area contributed by atoms with Gasteiger partial charge in [-0.3, -0.25) is 4.79 Å². The van der Waals surface area contributed by atoms with Crippen LogP contribution in [0.3, 0.4) is 0 Å². The Balaban J connectivity index is 1.53. The van der Waals surface area contributed by atoms with Crippen LogP contribution in [0.2, 0.25) is 0 Å². The predicted octanol–water partition coefficient (Wildman–Crippen LogP) is -2.08. The number of ether oxygens (including phenoxy) is 3. The molecule has 2 aliphatic rings. The zero-order valence-corrected chi connectivity index (χ0v) is 21.7. The minimum atomic E-state index is -1.94. The van der Waals surface area contributed by atoms with Crippen LogP contribution < -0.4 is 5.43 Å². The van der Waals surface area contributed by atoms with Gasteiger partial charge in [-0.05, 0) is 24.3 Å². The van der Waals surface area contributed by atoms with Crippen molar-refractivity contribution >= 4 is 11.0 Å². The molecular weight excluding hydrogens is 564 g/mol. The number of hydrogen-bond acceptors (Lipinski definition) is 15. The first kappa shape index (κ1) is 30.1. The van der Waals surface area contributed by atoms with E-state index in [2.05, 4.69) is 0 Å². The molecule has 2 fully saturated rings. The minimum Gasteiger partial charge on any atom is -0.508 e. The molecule has 5 rings (SSSR count). The highest BCUT2D eigenvalue weighted by atomic mass is 16.7. The molecule has 10 unspecified atom stereocenters. The molecule has 2 aliphatic heterocycles. The fourth-order valence-corrected chi connectivity index (χ4v) is 5.19. The molecule has 0 spiro atoms. The van der Waals surface area contributed by atoms with Gasteiger partial charge >= 0.3 is 0 Å².